The number of aromatic nitrogens is 2. The lowest BCUT2D eigenvalue weighted by Crippen LogP contribution is -2.52. The maximum absolute atomic E-state index is 13.2. The van der Waals surface area contributed by atoms with Crippen molar-refractivity contribution in [3.8, 4) is 0 Å². The molecule has 2 N–H and O–H groups in total. The van der Waals surface area contributed by atoms with Crippen molar-refractivity contribution in [2.24, 2.45) is 5.92 Å². The Morgan fingerprint density at radius 1 is 1.11 bits per heavy atom. The number of carbonyl (C=O) groups is 2. The molecule has 1 aromatic heterocycles. The minimum Gasteiger partial charge on any atom is -0.348 e. The van der Waals surface area contributed by atoms with Crippen molar-refractivity contribution in [1.29, 1.82) is 0 Å². The van der Waals surface area contributed by atoms with Crippen molar-refractivity contribution in [3.63, 3.8) is 0 Å². The number of amides is 2. The molecule has 5 rings (SSSR count). The van der Waals surface area contributed by atoms with Gasteiger partial charge in [-0.3, -0.25) is 19.2 Å². The summed E-state index contributed by atoms with van der Waals surface area (Å²) in [5.74, 6) is 0.726. The third kappa shape index (κ3) is 5.09. The maximum Gasteiger partial charge on any atom is 0.272 e. The molecule has 3 aliphatic rings. The highest BCUT2D eigenvalue weighted by Gasteiger charge is 2.41. The van der Waals surface area contributed by atoms with Gasteiger partial charge in [-0.2, -0.15) is 5.10 Å². The topological polar surface area (TPSA) is 82.5 Å². The van der Waals surface area contributed by atoms with Crippen LogP contribution in [0.15, 0.2) is 24.3 Å². The first-order chi connectivity index (χ1) is 16.9. The number of nitrogens with one attached hydrogen (secondary N) is 2. The van der Waals surface area contributed by atoms with Gasteiger partial charge < -0.3 is 15.5 Å². The minimum atomic E-state index is -0.0451. The Balaban J connectivity index is 1.12. The summed E-state index contributed by atoms with van der Waals surface area (Å²) in [5.41, 5.74) is 1.56. The van der Waals surface area contributed by atoms with Crippen molar-refractivity contribution in [2.45, 2.75) is 77.0 Å². The van der Waals surface area contributed by atoms with Crippen LogP contribution in [0.5, 0.6) is 0 Å². The molecule has 0 aliphatic carbocycles. The summed E-state index contributed by atoms with van der Waals surface area (Å²) < 4.78 is 1.95. The number of para-hydroxylation sites is 1. The van der Waals surface area contributed by atoms with E-state index in [0.29, 0.717) is 23.7 Å². The summed E-state index contributed by atoms with van der Waals surface area (Å²) in [5, 5.41) is 12.6. The molecule has 0 spiro atoms. The molecular weight excluding hydrogens is 440 g/mol. The normalized spacial score (nSPS) is 26.7. The van der Waals surface area contributed by atoms with Gasteiger partial charge in [-0.25, -0.2) is 0 Å². The first kappa shape index (κ1) is 24.3. The average molecular weight is 481 g/mol. The van der Waals surface area contributed by atoms with E-state index >= 15 is 0 Å². The lowest BCUT2D eigenvalue weighted by Gasteiger charge is -2.39. The van der Waals surface area contributed by atoms with E-state index in [4.69, 9.17) is 0 Å². The van der Waals surface area contributed by atoms with Crippen molar-refractivity contribution < 1.29 is 9.59 Å². The first-order valence-electron chi connectivity index (χ1n) is 13.4. The molecule has 35 heavy (non-hydrogen) atoms. The van der Waals surface area contributed by atoms with Crippen LogP contribution in [-0.4, -0.2) is 82.2 Å². The van der Waals surface area contributed by atoms with Crippen LogP contribution in [0.4, 0.5) is 0 Å². The number of rotatable bonds is 8. The number of piperidine rings is 1. The second kappa shape index (κ2) is 10.3. The van der Waals surface area contributed by atoms with E-state index in [-0.39, 0.29) is 23.9 Å². The van der Waals surface area contributed by atoms with E-state index in [0.717, 1.165) is 62.9 Å². The SMILES string of the molecule is CC(=O)N1CC[C@@H](CNCCN2C3CCC2CC(NC(=O)c2nn(C(C)C)c4ccccc24)C3)C1. The number of hydrogen-bond acceptors (Lipinski definition) is 5. The molecule has 8 heteroatoms. The molecule has 2 amide bonds. The van der Waals surface area contributed by atoms with E-state index in [2.05, 4.69) is 34.5 Å². The highest BCUT2D eigenvalue weighted by Crippen LogP contribution is 2.35. The fourth-order valence-corrected chi connectivity index (χ4v) is 6.46. The highest BCUT2D eigenvalue weighted by molar-refractivity contribution is 6.05. The van der Waals surface area contributed by atoms with E-state index in [1.165, 1.54) is 12.8 Å². The number of fused-ring (bicyclic) bond motifs is 3. The summed E-state index contributed by atoms with van der Waals surface area (Å²) in [6.45, 7) is 10.7. The zero-order chi connectivity index (χ0) is 24.5. The molecule has 3 fully saturated rings. The van der Waals surface area contributed by atoms with Crippen LogP contribution in [0.2, 0.25) is 0 Å². The van der Waals surface area contributed by atoms with Crippen molar-refractivity contribution >= 4 is 22.7 Å². The summed E-state index contributed by atoms with van der Waals surface area (Å²) >= 11 is 0. The summed E-state index contributed by atoms with van der Waals surface area (Å²) in [7, 11) is 0. The Hall–Kier alpha value is -2.45. The monoisotopic (exact) mass is 480 g/mol. The Morgan fingerprint density at radius 2 is 1.86 bits per heavy atom. The standard InChI is InChI=1S/C27H40N6O2/c1-18(2)33-25-7-5-4-6-24(25)26(30-33)27(35)29-21-14-22-8-9-23(15-21)32(22)13-11-28-16-20-10-12-31(17-20)19(3)34/h4-7,18,20-23,28H,8-17H2,1-3H3,(H,29,35)/t20-,21?,22?,23?/m0/s1. The predicted molar refractivity (Wildman–Crippen MR) is 137 cm³/mol. The zero-order valence-corrected chi connectivity index (χ0v) is 21.4. The van der Waals surface area contributed by atoms with Gasteiger partial charge in [0.2, 0.25) is 5.91 Å². The number of likely N-dealkylation sites (tertiary alicyclic amines) is 1. The van der Waals surface area contributed by atoms with E-state index < -0.39 is 0 Å². The number of carbonyl (C=O) groups excluding carboxylic acids is 2. The first-order valence-corrected chi connectivity index (χ1v) is 13.4. The summed E-state index contributed by atoms with van der Waals surface area (Å²) in [6, 6.07) is 9.53. The second-order valence-electron chi connectivity index (χ2n) is 11.0. The maximum atomic E-state index is 13.2. The van der Waals surface area contributed by atoms with Gasteiger partial charge in [0.15, 0.2) is 5.69 Å². The Kier molecular flexibility index (Phi) is 7.12. The van der Waals surface area contributed by atoms with Crippen LogP contribution >= 0.6 is 0 Å². The number of benzene rings is 1. The molecule has 190 valence electrons. The van der Waals surface area contributed by atoms with Crippen LogP contribution in [-0.2, 0) is 4.79 Å². The van der Waals surface area contributed by atoms with Gasteiger partial charge in [0.25, 0.3) is 5.91 Å². The van der Waals surface area contributed by atoms with Gasteiger partial charge in [-0.1, -0.05) is 18.2 Å². The van der Waals surface area contributed by atoms with Gasteiger partial charge in [-0.05, 0) is 64.5 Å². The molecule has 0 saturated carbocycles. The molecule has 4 heterocycles. The van der Waals surface area contributed by atoms with E-state index in [1.807, 2.05) is 33.8 Å². The fraction of sp³-hybridized carbons (Fsp3) is 0.667. The van der Waals surface area contributed by atoms with E-state index in [9.17, 15) is 9.59 Å². The molecule has 8 nitrogen and oxygen atoms in total. The summed E-state index contributed by atoms with van der Waals surface area (Å²) in [6.07, 6.45) is 5.58. The molecule has 1 aromatic carbocycles. The lowest BCUT2D eigenvalue weighted by atomic mass is 9.97. The third-order valence-electron chi connectivity index (χ3n) is 8.25. The average Bonchev–Trinajstić information content (AvgIpc) is 3.52. The van der Waals surface area contributed by atoms with E-state index in [1.54, 1.807) is 6.92 Å². The van der Waals surface area contributed by atoms with Gasteiger partial charge in [0.05, 0.1) is 5.52 Å². The molecule has 2 bridgehead atoms. The zero-order valence-electron chi connectivity index (χ0n) is 21.4. The van der Waals surface area contributed by atoms with Crippen LogP contribution in [0, 0.1) is 5.92 Å². The van der Waals surface area contributed by atoms with Crippen LogP contribution in [0.25, 0.3) is 10.9 Å². The molecular formula is C27H40N6O2. The molecule has 0 radical (unpaired) electrons. The van der Waals surface area contributed by atoms with Crippen LogP contribution in [0.1, 0.15) is 69.4 Å². The van der Waals surface area contributed by atoms with Crippen molar-refractivity contribution in [1.82, 2.24) is 30.2 Å². The molecule has 3 saturated heterocycles. The third-order valence-corrected chi connectivity index (χ3v) is 8.25. The fourth-order valence-electron chi connectivity index (χ4n) is 6.46. The van der Waals surface area contributed by atoms with Gasteiger partial charge in [0.1, 0.15) is 0 Å². The van der Waals surface area contributed by atoms with Crippen molar-refractivity contribution in [2.75, 3.05) is 32.7 Å². The molecule has 2 unspecified atom stereocenters. The highest BCUT2D eigenvalue weighted by atomic mass is 16.2. The Morgan fingerprint density at radius 3 is 2.54 bits per heavy atom. The van der Waals surface area contributed by atoms with Crippen LogP contribution in [0.3, 0.4) is 0 Å². The van der Waals surface area contributed by atoms with Gasteiger partial charge in [0, 0.05) is 62.7 Å². The Labute approximate surface area is 208 Å². The number of nitrogens with zero attached hydrogens (tertiary/aromatic N) is 4. The largest absolute Gasteiger partial charge is 0.348 e. The number of hydrogen-bond donors (Lipinski definition) is 2. The van der Waals surface area contributed by atoms with Crippen molar-refractivity contribution in [3.05, 3.63) is 30.0 Å². The lowest BCUT2D eigenvalue weighted by molar-refractivity contribution is -0.127. The molecule has 3 aliphatic heterocycles. The van der Waals surface area contributed by atoms with Gasteiger partial charge in [-0.15, -0.1) is 0 Å². The molecule has 3 atom stereocenters. The van der Waals surface area contributed by atoms with Crippen LogP contribution < -0.4 is 10.6 Å². The minimum absolute atomic E-state index is 0.0451. The predicted octanol–water partition coefficient (Wildman–Crippen LogP) is 2.80. The van der Waals surface area contributed by atoms with Gasteiger partial charge >= 0.3 is 0 Å². The smallest absolute Gasteiger partial charge is 0.272 e. The second-order valence-corrected chi connectivity index (χ2v) is 11.0. The summed E-state index contributed by atoms with van der Waals surface area (Å²) in [4.78, 5) is 29.4. The Bertz CT molecular complexity index is 1050. The molecule has 2 aromatic rings. The quantitative estimate of drug-likeness (QED) is 0.568.